The molecule has 0 radical (unpaired) electrons. The summed E-state index contributed by atoms with van der Waals surface area (Å²) < 4.78 is 0. The SMILES string of the molecule is CCC(=O)N(C)[C@H]1CC[C@H](CC(=O)Nc2cc(-c3ccsc3)c(-c3ccc([C@]4(N)C[C@](C)(O)C4)cc3)nn2)CC1. The lowest BCUT2D eigenvalue weighted by molar-refractivity contribution is -0.132. The lowest BCUT2D eigenvalue weighted by Crippen LogP contribution is -2.58. The van der Waals surface area contributed by atoms with Gasteiger partial charge in [0, 0.05) is 42.6 Å². The molecule has 2 amide bonds. The second-order valence-corrected chi connectivity index (χ2v) is 12.7. The number of nitrogens with zero attached hydrogens (tertiary/aromatic N) is 3. The lowest BCUT2D eigenvalue weighted by atomic mass is 9.63. The summed E-state index contributed by atoms with van der Waals surface area (Å²) in [7, 11) is 1.89. The Bertz CT molecular complexity index is 1340. The molecule has 2 aliphatic carbocycles. The molecule has 4 N–H and O–H groups in total. The number of thiophene rings is 1. The number of aliphatic hydroxyl groups is 1. The number of amides is 2. The number of anilines is 1. The number of carbonyl (C=O) groups is 2. The molecule has 2 aromatic heterocycles. The Morgan fingerprint density at radius 3 is 2.40 bits per heavy atom. The van der Waals surface area contributed by atoms with Crippen molar-refractivity contribution in [2.24, 2.45) is 11.7 Å². The van der Waals surface area contributed by atoms with Crippen LogP contribution in [-0.2, 0) is 15.1 Å². The smallest absolute Gasteiger partial charge is 0.225 e. The van der Waals surface area contributed by atoms with Crippen LogP contribution in [-0.4, -0.2) is 50.7 Å². The number of hydrogen-bond donors (Lipinski definition) is 3. The van der Waals surface area contributed by atoms with Crippen molar-refractivity contribution in [1.82, 2.24) is 15.1 Å². The standard InChI is InChI=1S/C31H39N5O3S/c1-4-28(38)36(3)24-11-5-20(6-12-24)15-27(37)33-26-16-25(22-13-14-40-17-22)29(35-34-26)21-7-9-23(10-8-21)31(32)18-30(2,39)19-31/h7-10,13-14,16-17,20,24,39H,4-6,11-12,15,18-19,32H2,1-3H3,(H,33,34,37)/t20-,24-,30-,31-. The molecule has 5 rings (SSSR count). The summed E-state index contributed by atoms with van der Waals surface area (Å²) in [4.78, 5) is 26.8. The van der Waals surface area contributed by atoms with Gasteiger partial charge in [0.25, 0.3) is 0 Å². The summed E-state index contributed by atoms with van der Waals surface area (Å²) in [6.45, 7) is 3.71. The maximum atomic E-state index is 12.9. The summed E-state index contributed by atoms with van der Waals surface area (Å²) >= 11 is 1.60. The van der Waals surface area contributed by atoms with Gasteiger partial charge in [0.1, 0.15) is 5.69 Å². The summed E-state index contributed by atoms with van der Waals surface area (Å²) in [5.74, 6) is 0.852. The molecule has 8 nitrogen and oxygen atoms in total. The van der Waals surface area contributed by atoms with E-state index in [-0.39, 0.29) is 17.9 Å². The molecule has 0 spiro atoms. The van der Waals surface area contributed by atoms with Crippen molar-refractivity contribution in [3.05, 3.63) is 52.7 Å². The molecule has 2 aliphatic rings. The van der Waals surface area contributed by atoms with E-state index in [2.05, 4.69) is 20.9 Å². The maximum absolute atomic E-state index is 12.9. The molecule has 0 unspecified atom stereocenters. The van der Waals surface area contributed by atoms with Crippen molar-refractivity contribution in [2.45, 2.75) is 82.4 Å². The fourth-order valence-electron chi connectivity index (χ4n) is 6.42. The molecular formula is C31H39N5O3S. The highest BCUT2D eigenvalue weighted by atomic mass is 32.1. The van der Waals surface area contributed by atoms with Crippen LogP contribution in [0.3, 0.4) is 0 Å². The summed E-state index contributed by atoms with van der Waals surface area (Å²) in [5.41, 5.74) is 9.86. The first-order valence-corrected chi connectivity index (χ1v) is 15.1. The zero-order valence-corrected chi connectivity index (χ0v) is 24.3. The zero-order valence-electron chi connectivity index (χ0n) is 23.5. The highest BCUT2D eigenvalue weighted by Gasteiger charge is 2.49. The number of rotatable bonds is 8. The second-order valence-electron chi connectivity index (χ2n) is 11.9. The molecule has 9 heteroatoms. The van der Waals surface area contributed by atoms with E-state index < -0.39 is 11.1 Å². The van der Waals surface area contributed by atoms with E-state index in [9.17, 15) is 14.7 Å². The average molecular weight is 562 g/mol. The quantitative estimate of drug-likeness (QED) is 0.342. The largest absolute Gasteiger partial charge is 0.390 e. The van der Waals surface area contributed by atoms with Crippen LogP contribution in [0.4, 0.5) is 5.82 Å². The molecule has 2 saturated carbocycles. The molecule has 0 saturated heterocycles. The Labute approximate surface area is 240 Å². The topological polar surface area (TPSA) is 121 Å². The predicted molar refractivity (Wildman–Crippen MR) is 159 cm³/mol. The Morgan fingerprint density at radius 1 is 1.10 bits per heavy atom. The molecule has 2 heterocycles. The van der Waals surface area contributed by atoms with E-state index >= 15 is 0 Å². The van der Waals surface area contributed by atoms with E-state index in [4.69, 9.17) is 5.73 Å². The van der Waals surface area contributed by atoms with Gasteiger partial charge in [-0.25, -0.2) is 0 Å². The first-order chi connectivity index (χ1) is 19.1. The number of nitrogens with one attached hydrogen (secondary N) is 1. The Kier molecular flexibility index (Phi) is 8.08. The van der Waals surface area contributed by atoms with Crippen LogP contribution in [0.2, 0.25) is 0 Å². The number of aromatic nitrogens is 2. The molecule has 0 atom stereocenters. The predicted octanol–water partition coefficient (Wildman–Crippen LogP) is 5.33. The number of hydrogen-bond acceptors (Lipinski definition) is 7. The minimum atomic E-state index is -0.712. The Morgan fingerprint density at radius 2 is 1.80 bits per heavy atom. The van der Waals surface area contributed by atoms with Crippen LogP contribution in [0, 0.1) is 5.92 Å². The fraction of sp³-hybridized carbons (Fsp3) is 0.484. The van der Waals surface area contributed by atoms with Crippen molar-refractivity contribution in [2.75, 3.05) is 12.4 Å². The molecule has 40 heavy (non-hydrogen) atoms. The number of carbonyl (C=O) groups excluding carboxylic acids is 2. The summed E-state index contributed by atoms with van der Waals surface area (Å²) in [6, 6.07) is 12.2. The van der Waals surface area contributed by atoms with Crippen LogP contribution in [0.25, 0.3) is 22.4 Å². The van der Waals surface area contributed by atoms with E-state index in [0.29, 0.717) is 37.4 Å². The Hall–Kier alpha value is -3.14. The molecule has 0 aliphatic heterocycles. The highest BCUT2D eigenvalue weighted by Crippen LogP contribution is 2.46. The van der Waals surface area contributed by atoms with Crippen molar-refractivity contribution in [3.8, 4) is 22.4 Å². The minimum absolute atomic E-state index is 0.0614. The number of nitrogens with two attached hydrogens (primary N) is 1. The van der Waals surface area contributed by atoms with Gasteiger partial charge < -0.3 is 21.1 Å². The van der Waals surface area contributed by atoms with Gasteiger partial charge in [-0.3, -0.25) is 9.59 Å². The van der Waals surface area contributed by atoms with Gasteiger partial charge in [-0.05, 0) is 85.4 Å². The molecule has 0 bridgehead atoms. The van der Waals surface area contributed by atoms with Gasteiger partial charge in [-0.2, -0.15) is 11.3 Å². The van der Waals surface area contributed by atoms with E-state index in [1.165, 1.54) is 0 Å². The third kappa shape index (κ3) is 6.11. The van der Waals surface area contributed by atoms with Crippen LogP contribution in [0.5, 0.6) is 0 Å². The van der Waals surface area contributed by atoms with Crippen molar-refractivity contribution in [1.29, 1.82) is 0 Å². The van der Waals surface area contributed by atoms with E-state index in [1.54, 1.807) is 11.3 Å². The summed E-state index contributed by atoms with van der Waals surface area (Å²) in [6.07, 6.45) is 5.75. The minimum Gasteiger partial charge on any atom is -0.390 e. The fourth-order valence-corrected chi connectivity index (χ4v) is 7.08. The van der Waals surface area contributed by atoms with Gasteiger partial charge in [-0.15, -0.1) is 10.2 Å². The van der Waals surface area contributed by atoms with Gasteiger partial charge >= 0.3 is 0 Å². The van der Waals surface area contributed by atoms with Gasteiger partial charge in [0.05, 0.1) is 5.60 Å². The van der Waals surface area contributed by atoms with Crippen LogP contribution in [0.15, 0.2) is 47.2 Å². The van der Waals surface area contributed by atoms with Crippen molar-refractivity contribution < 1.29 is 14.7 Å². The first-order valence-electron chi connectivity index (χ1n) is 14.1. The highest BCUT2D eigenvalue weighted by molar-refractivity contribution is 7.08. The van der Waals surface area contributed by atoms with Crippen molar-refractivity contribution >= 4 is 29.0 Å². The van der Waals surface area contributed by atoms with Gasteiger partial charge in [0.2, 0.25) is 11.8 Å². The van der Waals surface area contributed by atoms with Gasteiger partial charge in [-0.1, -0.05) is 31.2 Å². The zero-order chi connectivity index (χ0) is 28.5. The van der Waals surface area contributed by atoms with E-state index in [1.807, 2.05) is 67.6 Å². The Balaban J connectivity index is 1.26. The first kappa shape index (κ1) is 28.4. The third-order valence-electron chi connectivity index (χ3n) is 8.55. The lowest BCUT2D eigenvalue weighted by Gasteiger charge is -2.49. The molecule has 1 aromatic carbocycles. The number of benzene rings is 1. The summed E-state index contributed by atoms with van der Waals surface area (Å²) in [5, 5.41) is 26.1. The third-order valence-corrected chi connectivity index (χ3v) is 9.24. The molecule has 3 aromatic rings. The maximum Gasteiger partial charge on any atom is 0.225 e. The molecular weight excluding hydrogens is 522 g/mol. The normalized spacial score (nSPS) is 26.1. The second kappa shape index (κ2) is 11.4. The van der Waals surface area contributed by atoms with Crippen LogP contribution >= 0.6 is 11.3 Å². The van der Waals surface area contributed by atoms with Crippen LogP contribution in [0.1, 0.15) is 70.8 Å². The van der Waals surface area contributed by atoms with Crippen molar-refractivity contribution in [3.63, 3.8) is 0 Å². The van der Waals surface area contributed by atoms with Gasteiger partial charge in [0.15, 0.2) is 5.82 Å². The average Bonchev–Trinajstić information content (AvgIpc) is 3.46. The molecule has 212 valence electrons. The van der Waals surface area contributed by atoms with Crippen LogP contribution < -0.4 is 11.1 Å². The molecule has 2 fully saturated rings. The monoisotopic (exact) mass is 561 g/mol. The van der Waals surface area contributed by atoms with E-state index in [0.717, 1.165) is 53.6 Å².